The molecule has 0 aromatic heterocycles. The molecule has 90 valence electrons. The number of hydrogen-bond acceptors (Lipinski definition) is 3. The highest BCUT2D eigenvalue weighted by molar-refractivity contribution is 4.96. The maximum Gasteiger partial charge on any atom is 0.0705 e. The molecular formula is C12H26N2O. The fourth-order valence-corrected chi connectivity index (χ4v) is 2.05. The summed E-state index contributed by atoms with van der Waals surface area (Å²) in [5, 5.41) is 3.53. The minimum atomic E-state index is 0.215. The van der Waals surface area contributed by atoms with Crippen molar-refractivity contribution in [2.24, 2.45) is 17.1 Å². The first kappa shape index (κ1) is 12.9. The van der Waals surface area contributed by atoms with Crippen LogP contribution in [0.25, 0.3) is 0 Å². The first-order valence-electron chi connectivity index (χ1n) is 6.08. The van der Waals surface area contributed by atoms with Gasteiger partial charge < -0.3 is 15.8 Å². The first-order chi connectivity index (χ1) is 7.14. The lowest BCUT2D eigenvalue weighted by atomic mass is 9.92. The van der Waals surface area contributed by atoms with Crippen LogP contribution in [0.2, 0.25) is 0 Å². The molecule has 0 radical (unpaired) electrons. The predicted octanol–water partition coefficient (Wildman–Crippen LogP) is 1.38. The van der Waals surface area contributed by atoms with Gasteiger partial charge in [-0.3, -0.25) is 0 Å². The van der Waals surface area contributed by atoms with Crippen molar-refractivity contribution in [3.8, 4) is 0 Å². The van der Waals surface area contributed by atoms with Crippen molar-refractivity contribution in [2.75, 3.05) is 26.7 Å². The molecule has 3 heteroatoms. The highest BCUT2D eigenvalue weighted by atomic mass is 16.5. The van der Waals surface area contributed by atoms with Crippen molar-refractivity contribution in [1.82, 2.24) is 5.32 Å². The van der Waals surface area contributed by atoms with Crippen LogP contribution in [0.5, 0.6) is 0 Å². The number of rotatable bonds is 8. The van der Waals surface area contributed by atoms with Crippen LogP contribution in [0.3, 0.4) is 0 Å². The van der Waals surface area contributed by atoms with Crippen molar-refractivity contribution < 1.29 is 4.74 Å². The second kappa shape index (κ2) is 5.83. The Morgan fingerprint density at radius 2 is 2.07 bits per heavy atom. The molecule has 3 N–H and O–H groups in total. The van der Waals surface area contributed by atoms with E-state index in [1.807, 2.05) is 0 Å². The molecule has 0 aliphatic heterocycles. The van der Waals surface area contributed by atoms with E-state index in [-0.39, 0.29) is 6.10 Å². The fraction of sp³-hybridized carbons (Fsp3) is 1.00. The normalized spacial score (nSPS) is 20.6. The molecular weight excluding hydrogens is 188 g/mol. The van der Waals surface area contributed by atoms with Crippen LogP contribution < -0.4 is 11.1 Å². The van der Waals surface area contributed by atoms with Crippen molar-refractivity contribution in [3.05, 3.63) is 0 Å². The largest absolute Gasteiger partial charge is 0.380 e. The number of hydrogen-bond donors (Lipinski definition) is 2. The standard InChI is InChI=1S/C12H26N2O/c1-10(2)12(5-6-12)9-14-7-4-11(8-13)15-3/h10-11,14H,4-9,13H2,1-3H3. The summed E-state index contributed by atoms with van der Waals surface area (Å²) in [5.41, 5.74) is 6.16. The second-order valence-corrected chi connectivity index (χ2v) is 5.08. The first-order valence-corrected chi connectivity index (χ1v) is 6.08. The Bertz CT molecular complexity index is 174. The molecule has 0 saturated heterocycles. The monoisotopic (exact) mass is 214 g/mol. The topological polar surface area (TPSA) is 47.3 Å². The van der Waals surface area contributed by atoms with E-state index in [1.54, 1.807) is 7.11 Å². The van der Waals surface area contributed by atoms with E-state index < -0.39 is 0 Å². The van der Waals surface area contributed by atoms with E-state index in [0.29, 0.717) is 12.0 Å². The third-order valence-electron chi connectivity index (χ3n) is 3.83. The van der Waals surface area contributed by atoms with Crippen LogP contribution >= 0.6 is 0 Å². The van der Waals surface area contributed by atoms with Gasteiger partial charge in [-0.1, -0.05) is 13.8 Å². The maximum absolute atomic E-state index is 5.56. The summed E-state index contributed by atoms with van der Waals surface area (Å²) < 4.78 is 5.23. The molecule has 0 aromatic carbocycles. The molecule has 0 heterocycles. The van der Waals surface area contributed by atoms with Crippen LogP contribution in [0.1, 0.15) is 33.1 Å². The zero-order valence-corrected chi connectivity index (χ0v) is 10.4. The van der Waals surface area contributed by atoms with E-state index in [0.717, 1.165) is 25.4 Å². The minimum Gasteiger partial charge on any atom is -0.380 e. The Morgan fingerprint density at radius 3 is 2.47 bits per heavy atom. The molecule has 0 bridgehead atoms. The smallest absolute Gasteiger partial charge is 0.0705 e. The van der Waals surface area contributed by atoms with Crippen molar-refractivity contribution in [3.63, 3.8) is 0 Å². The van der Waals surface area contributed by atoms with Gasteiger partial charge >= 0.3 is 0 Å². The van der Waals surface area contributed by atoms with Gasteiger partial charge in [0.25, 0.3) is 0 Å². The summed E-state index contributed by atoms with van der Waals surface area (Å²) in [6.45, 7) is 7.45. The van der Waals surface area contributed by atoms with E-state index in [9.17, 15) is 0 Å². The Kier molecular flexibility index (Phi) is 5.03. The van der Waals surface area contributed by atoms with Gasteiger partial charge in [0, 0.05) is 20.2 Å². The molecule has 1 rings (SSSR count). The Labute approximate surface area is 93.8 Å². The highest BCUT2D eigenvalue weighted by Gasteiger charge is 2.44. The summed E-state index contributed by atoms with van der Waals surface area (Å²) in [5.74, 6) is 0.803. The third kappa shape index (κ3) is 3.74. The number of nitrogens with one attached hydrogen (secondary N) is 1. The zero-order valence-electron chi connectivity index (χ0n) is 10.4. The van der Waals surface area contributed by atoms with Gasteiger partial charge in [0.05, 0.1) is 6.10 Å². The van der Waals surface area contributed by atoms with Gasteiger partial charge in [-0.05, 0) is 37.1 Å². The van der Waals surface area contributed by atoms with Gasteiger partial charge in [-0.25, -0.2) is 0 Å². The number of ether oxygens (including phenoxy) is 1. The number of methoxy groups -OCH3 is 1. The van der Waals surface area contributed by atoms with Gasteiger partial charge in [0.1, 0.15) is 0 Å². The molecule has 0 amide bonds. The lowest BCUT2D eigenvalue weighted by molar-refractivity contribution is 0.101. The van der Waals surface area contributed by atoms with Gasteiger partial charge in [0.15, 0.2) is 0 Å². The van der Waals surface area contributed by atoms with Crippen LogP contribution in [0, 0.1) is 11.3 Å². The number of nitrogens with two attached hydrogens (primary N) is 1. The molecule has 1 fully saturated rings. The van der Waals surface area contributed by atoms with E-state index in [2.05, 4.69) is 19.2 Å². The molecule has 3 nitrogen and oxygen atoms in total. The molecule has 1 saturated carbocycles. The van der Waals surface area contributed by atoms with E-state index in [4.69, 9.17) is 10.5 Å². The van der Waals surface area contributed by atoms with E-state index >= 15 is 0 Å². The SMILES string of the molecule is COC(CN)CCNCC1(C(C)C)CC1. The molecule has 1 aliphatic carbocycles. The second-order valence-electron chi connectivity index (χ2n) is 5.08. The summed E-state index contributed by atoms with van der Waals surface area (Å²) in [7, 11) is 1.73. The highest BCUT2D eigenvalue weighted by Crippen LogP contribution is 2.51. The van der Waals surface area contributed by atoms with Crippen molar-refractivity contribution >= 4 is 0 Å². The quantitative estimate of drug-likeness (QED) is 0.600. The van der Waals surface area contributed by atoms with Crippen LogP contribution in [-0.4, -0.2) is 32.8 Å². The maximum atomic E-state index is 5.56. The molecule has 0 spiro atoms. The predicted molar refractivity (Wildman–Crippen MR) is 63.8 cm³/mol. The summed E-state index contributed by atoms with van der Waals surface area (Å²) in [6.07, 6.45) is 4.01. The lowest BCUT2D eigenvalue weighted by Gasteiger charge is -2.21. The Hall–Kier alpha value is -0.120. The van der Waals surface area contributed by atoms with Gasteiger partial charge in [-0.2, -0.15) is 0 Å². The molecule has 15 heavy (non-hydrogen) atoms. The Morgan fingerprint density at radius 1 is 1.40 bits per heavy atom. The van der Waals surface area contributed by atoms with Crippen LogP contribution in [-0.2, 0) is 4.74 Å². The molecule has 0 aromatic rings. The summed E-state index contributed by atoms with van der Waals surface area (Å²) in [6, 6.07) is 0. The van der Waals surface area contributed by atoms with Crippen molar-refractivity contribution in [1.29, 1.82) is 0 Å². The van der Waals surface area contributed by atoms with E-state index in [1.165, 1.54) is 12.8 Å². The Balaban J connectivity index is 2.07. The average Bonchev–Trinajstić information content (AvgIpc) is 2.99. The third-order valence-corrected chi connectivity index (χ3v) is 3.83. The summed E-state index contributed by atoms with van der Waals surface area (Å²) in [4.78, 5) is 0. The average molecular weight is 214 g/mol. The molecule has 1 unspecified atom stereocenters. The molecule has 1 aliphatic rings. The summed E-state index contributed by atoms with van der Waals surface area (Å²) >= 11 is 0. The lowest BCUT2D eigenvalue weighted by Crippen LogP contribution is -2.32. The zero-order chi connectivity index (χ0) is 11.3. The minimum absolute atomic E-state index is 0.215. The fourth-order valence-electron chi connectivity index (χ4n) is 2.05. The van der Waals surface area contributed by atoms with Crippen molar-refractivity contribution in [2.45, 2.75) is 39.2 Å². The van der Waals surface area contributed by atoms with Crippen LogP contribution in [0.15, 0.2) is 0 Å². The van der Waals surface area contributed by atoms with Crippen LogP contribution in [0.4, 0.5) is 0 Å². The molecule has 1 atom stereocenters. The van der Waals surface area contributed by atoms with Gasteiger partial charge in [-0.15, -0.1) is 0 Å². The van der Waals surface area contributed by atoms with Gasteiger partial charge in [0.2, 0.25) is 0 Å².